The molecule has 3 rings (SSSR count). The van der Waals surface area contributed by atoms with E-state index in [0.29, 0.717) is 5.56 Å². The molecule has 134 valence electrons. The zero-order chi connectivity index (χ0) is 17.6. The second-order valence-electron chi connectivity index (χ2n) is 7.38. The lowest BCUT2D eigenvalue weighted by molar-refractivity contribution is 0.252. The Morgan fingerprint density at radius 1 is 0.960 bits per heavy atom. The summed E-state index contributed by atoms with van der Waals surface area (Å²) in [5.74, 6) is 1.35. The van der Waals surface area contributed by atoms with Crippen molar-refractivity contribution in [2.45, 2.75) is 58.3 Å². The lowest BCUT2D eigenvalue weighted by atomic mass is 9.78. The quantitative estimate of drug-likeness (QED) is 0.502. The monoisotopic (exact) mass is 359 g/mol. The van der Waals surface area contributed by atoms with Crippen LogP contribution in [0.5, 0.6) is 0 Å². The molecule has 25 heavy (non-hydrogen) atoms. The molecule has 0 aliphatic heterocycles. The van der Waals surface area contributed by atoms with E-state index in [-0.39, 0.29) is 5.15 Å². The number of hydrogen-bond acceptors (Lipinski definition) is 1. The maximum atomic E-state index is 13.9. The second kappa shape index (κ2) is 8.80. The molecule has 0 atom stereocenters. The number of aryl methyl sites for hydroxylation is 1. The molecule has 0 unspecified atom stereocenters. The Morgan fingerprint density at radius 3 is 2.20 bits per heavy atom. The van der Waals surface area contributed by atoms with Gasteiger partial charge in [0.15, 0.2) is 0 Å². The van der Waals surface area contributed by atoms with Crippen molar-refractivity contribution in [2.24, 2.45) is 11.8 Å². The van der Waals surface area contributed by atoms with Crippen LogP contribution in [0.3, 0.4) is 0 Å². The maximum Gasteiger partial charge on any atom is 0.222 e. The highest BCUT2D eigenvalue weighted by Gasteiger charge is 2.20. The number of nitrogens with zero attached hydrogens (tertiary/aromatic N) is 1. The first-order valence-electron chi connectivity index (χ1n) is 9.57. The molecular weight excluding hydrogens is 333 g/mol. The fourth-order valence-corrected chi connectivity index (χ4v) is 4.20. The number of pyridine rings is 1. The van der Waals surface area contributed by atoms with Gasteiger partial charge in [-0.05, 0) is 47.9 Å². The van der Waals surface area contributed by atoms with Crippen LogP contribution in [0.15, 0.2) is 36.4 Å². The first kappa shape index (κ1) is 18.4. The van der Waals surface area contributed by atoms with Crippen molar-refractivity contribution >= 4 is 11.6 Å². The Hall–Kier alpha value is -1.41. The minimum absolute atomic E-state index is 0.187. The fraction of sp³-hybridized carbons (Fsp3) is 0.500. The van der Waals surface area contributed by atoms with Crippen molar-refractivity contribution < 1.29 is 4.39 Å². The van der Waals surface area contributed by atoms with Crippen LogP contribution in [0.1, 0.15) is 57.4 Å². The first-order chi connectivity index (χ1) is 12.2. The average molecular weight is 360 g/mol. The Bertz CT molecular complexity index is 675. The van der Waals surface area contributed by atoms with Gasteiger partial charge in [-0.2, -0.15) is 4.39 Å². The average Bonchev–Trinajstić information content (AvgIpc) is 2.62. The zero-order valence-corrected chi connectivity index (χ0v) is 15.7. The van der Waals surface area contributed by atoms with Crippen molar-refractivity contribution in [2.75, 3.05) is 0 Å². The van der Waals surface area contributed by atoms with Gasteiger partial charge in [-0.1, -0.05) is 81.3 Å². The maximum absolute atomic E-state index is 13.9. The molecule has 0 saturated heterocycles. The van der Waals surface area contributed by atoms with Crippen molar-refractivity contribution in [1.82, 2.24) is 4.98 Å². The zero-order valence-electron chi connectivity index (χ0n) is 15.0. The van der Waals surface area contributed by atoms with Crippen molar-refractivity contribution in [3.63, 3.8) is 0 Å². The Kier molecular flexibility index (Phi) is 6.47. The molecule has 0 spiro atoms. The summed E-state index contributed by atoms with van der Waals surface area (Å²) in [4.78, 5) is 3.69. The van der Waals surface area contributed by atoms with E-state index in [1.165, 1.54) is 50.5 Å². The predicted octanol–water partition coefficient (Wildman–Crippen LogP) is 7.08. The van der Waals surface area contributed by atoms with Gasteiger partial charge in [0.25, 0.3) is 0 Å². The van der Waals surface area contributed by atoms with Crippen LogP contribution in [0.2, 0.25) is 5.15 Å². The minimum atomic E-state index is -0.510. The lowest BCUT2D eigenvalue weighted by Crippen LogP contribution is -2.15. The molecule has 1 heterocycles. The van der Waals surface area contributed by atoms with Crippen LogP contribution < -0.4 is 0 Å². The largest absolute Gasteiger partial charge is 0.222 e. The topological polar surface area (TPSA) is 12.9 Å². The van der Waals surface area contributed by atoms with Gasteiger partial charge < -0.3 is 0 Å². The van der Waals surface area contributed by atoms with E-state index < -0.39 is 5.95 Å². The van der Waals surface area contributed by atoms with E-state index in [1.54, 1.807) is 12.1 Å². The van der Waals surface area contributed by atoms with Crippen molar-refractivity contribution in [3.05, 3.63) is 53.1 Å². The summed E-state index contributed by atoms with van der Waals surface area (Å²) in [6.45, 7) is 2.29. The number of benzene rings is 1. The van der Waals surface area contributed by atoms with E-state index in [9.17, 15) is 4.39 Å². The van der Waals surface area contributed by atoms with Crippen LogP contribution in [-0.4, -0.2) is 4.98 Å². The number of aromatic nitrogens is 1. The molecule has 1 nitrogen and oxygen atoms in total. The van der Waals surface area contributed by atoms with Gasteiger partial charge in [-0.3, -0.25) is 0 Å². The fourth-order valence-electron chi connectivity index (χ4n) is 4.07. The number of halogens is 2. The molecule has 0 bridgehead atoms. The molecule has 0 N–H and O–H groups in total. The molecule has 1 fully saturated rings. The summed E-state index contributed by atoms with van der Waals surface area (Å²) in [7, 11) is 0. The van der Waals surface area contributed by atoms with Gasteiger partial charge in [0.05, 0.1) is 0 Å². The van der Waals surface area contributed by atoms with Gasteiger partial charge in [-0.15, -0.1) is 0 Å². The van der Waals surface area contributed by atoms with Crippen LogP contribution in [-0.2, 0) is 6.42 Å². The summed E-state index contributed by atoms with van der Waals surface area (Å²) in [5.41, 5.74) is 2.69. The summed E-state index contributed by atoms with van der Waals surface area (Å²) in [6, 6.07) is 11.5. The first-order valence-corrected chi connectivity index (χ1v) is 9.95. The van der Waals surface area contributed by atoms with Crippen LogP contribution in [0, 0.1) is 17.8 Å². The van der Waals surface area contributed by atoms with Gasteiger partial charge in [-0.25, -0.2) is 4.98 Å². The Morgan fingerprint density at radius 2 is 1.60 bits per heavy atom. The van der Waals surface area contributed by atoms with Crippen LogP contribution in [0.4, 0.5) is 4.39 Å². The summed E-state index contributed by atoms with van der Waals surface area (Å²) >= 11 is 5.72. The van der Waals surface area contributed by atoms with E-state index >= 15 is 0 Å². The SMILES string of the molecule is CCC[C@H]1CC[C@H](CCc2ccc(-c3ccc(Cl)nc3F)cc2)CC1. The Labute approximate surface area is 155 Å². The normalized spacial score (nSPS) is 20.6. The summed E-state index contributed by atoms with van der Waals surface area (Å²) < 4.78 is 13.9. The third-order valence-corrected chi connectivity index (χ3v) is 5.79. The van der Waals surface area contributed by atoms with E-state index in [2.05, 4.69) is 24.0 Å². The highest BCUT2D eigenvalue weighted by molar-refractivity contribution is 6.29. The summed E-state index contributed by atoms with van der Waals surface area (Å²) in [6.07, 6.45) is 10.7. The molecule has 1 aliphatic rings. The lowest BCUT2D eigenvalue weighted by Gasteiger charge is -2.28. The van der Waals surface area contributed by atoms with Gasteiger partial charge >= 0.3 is 0 Å². The van der Waals surface area contributed by atoms with Gasteiger partial charge in [0, 0.05) is 5.56 Å². The number of hydrogen-bond donors (Lipinski definition) is 0. The second-order valence-corrected chi connectivity index (χ2v) is 7.77. The molecule has 0 amide bonds. The standard InChI is InChI=1S/C22H27ClFN/c1-2-3-16-4-6-17(7-5-16)8-9-18-10-12-19(13-11-18)20-14-15-21(23)25-22(20)24/h10-17H,2-9H2,1H3/t16-,17-. The Balaban J connectivity index is 1.53. The molecule has 2 aromatic rings. The van der Waals surface area contributed by atoms with Crippen molar-refractivity contribution in [1.29, 1.82) is 0 Å². The predicted molar refractivity (Wildman–Crippen MR) is 103 cm³/mol. The molecule has 1 aromatic carbocycles. The smallest absolute Gasteiger partial charge is 0.207 e. The van der Waals surface area contributed by atoms with Crippen LogP contribution in [0.25, 0.3) is 11.1 Å². The van der Waals surface area contributed by atoms with E-state index in [1.807, 2.05) is 12.1 Å². The minimum Gasteiger partial charge on any atom is -0.207 e. The van der Waals surface area contributed by atoms with Gasteiger partial charge in [0.2, 0.25) is 5.95 Å². The van der Waals surface area contributed by atoms with Crippen molar-refractivity contribution in [3.8, 4) is 11.1 Å². The van der Waals surface area contributed by atoms with E-state index in [4.69, 9.17) is 11.6 Å². The van der Waals surface area contributed by atoms with Gasteiger partial charge in [0.1, 0.15) is 5.15 Å². The third kappa shape index (κ3) is 5.04. The molecule has 1 aromatic heterocycles. The third-order valence-electron chi connectivity index (χ3n) is 5.58. The summed E-state index contributed by atoms with van der Waals surface area (Å²) in [5, 5.41) is 0.187. The van der Waals surface area contributed by atoms with E-state index in [0.717, 1.165) is 23.8 Å². The molecule has 1 saturated carbocycles. The molecule has 3 heteroatoms. The highest BCUT2D eigenvalue weighted by Crippen LogP contribution is 2.34. The molecule has 1 aliphatic carbocycles. The molecular formula is C22H27ClFN. The van der Waals surface area contributed by atoms with Crippen LogP contribution >= 0.6 is 11.6 Å². The number of rotatable bonds is 6. The highest BCUT2D eigenvalue weighted by atomic mass is 35.5. The molecule has 0 radical (unpaired) electrons.